The molecular formula is C25H24Cl2N2O5. The van der Waals surface area contributed by atoms with E-state index in [9.17, 15) is 4.79 Å². The van der Waals surface area contributed by atoms with Gasteiger partial charge in [-0.05, 0) is 60.5 Å². The lowest BCUT2D eigenvalue weighted by atomic mass is 10.2. The van der Waals surface area contributed by atoms with E-state index in [-0.39, 0.29) is 6.61 Å². The summed E-state index contributed by atoms with van der Waals surface area (Å²) in [6.45, 7) is 2.63. The molecule has 0 aliphatic heterocycles. The third kappa shape index (κ3) is 6.56. The van der Waals surface area contributed by atoms with E-state index in [0.717, 1.165) is 5.56 Å². The van der Waals surface area contributed by atoms with E-state index in [1.165, 1.54) is 20.4 Å². The summed E-state index contributed by atoms with van der Waals surface area (Å²) >= 11 is 12.4. The molecule has 0 aromatic heterocycles. The fourth-order valence-corrected chi connectivity index (χ4v) is 3.54. The second-order valence-corrected chi connectivity index (χ2v) is 7.79. The first-order valence-corrected chi connectivity index (χ1v) is 11.1. The van der Waals surface area contributed by atoms with E-state index in [4.69, 9.17) is 42.1 Å². The van der Waals surface area contributed by atoms with Gasteiger partial charge in [0.2, 0.25) is 0 Å². The molecular weight excluding hydrogens is 479 g/mol. The maximum atomic E-state index is 12.5. The number of carbonyl (C=O) groups is 1. The third-order valence-electron chi connectivity index (χ3n) is 4.63. The summed E-state index contributed by atoms with van der Waals surface area (Å²) < 4.78 is 22.0. The predicted molar refractivity (Wildman–Crippen MR) is 133 cm³/mol. The minimum atomic E-state index is -0.405. The second-order valence-electron chi connectivity index (χ2n) is 6.95. The predicted octanol–water partition coefficient (Wildman–Crippen LogP) is 5.75. The molecule has 0 aliphatic carbocycles. The monoisotopic (exact) mass is 502 g/mol. The first-order chi connectivity index (χ1) is 16.4. The Morgan fingerprint density at radius 3 is 2.47 bits per heavy atom. The van der Waals surface area contributed by atoms with Crippen LogP contribution in [0.2, 0.25) is 10.0 Å². The van der Waals surface area contributed by atoms with Crippen molar-refractivity contribution in [2.45, 2.75) is 13.5 Å². The molecule has 0 spiro atoms. The normalized spacial score (nSPS) is 10.7. The fourth-order valence-electron chi connectivity index (χ4n) is 3.05. The van der Waals surface area contributed by atoms with E-state index in [1.807, 2.05) is 25.1 Å². The van der Waals surface area contributed by atoms with Crippen LogP contribution in [0.5, 0.6) is 23.0 Å². The summed E-state index contributed by atoms with van der Waals surface area (Å²) in [7, 11) is 3.02. The van der Waals surface area contributed by atoms with Crippen molar-refractivity contribution in [3.05, 3.63) is 81.3 Å². The maximum Gasteiger partial charge on any atom is 0.271 e. The van der Waals surface area contributed by atoms with Crippen molar-refractivity contribution in [3.8, 4) is 23.0 Å². The Hall–Kier alpha value is -3.42. The van der Waals surface area contributed by atoms with Crippen molar-refractivity contribution in [2.75, 3.05) is 20.8 Å². The number of amides is 1. The molecule has 7 nitrogen and oxygen atoms in total. The first kappa shape index (κ1) is 25.2. The fraction of sp³-hybridized carbons (Fsp3) is 0.200. The van der Waals surface area contributed by atoms with Gasteiger partial charge in [-0.15, -0.1) is 0 Å². The molecule has 178 valence electrons. The van der Waals surface area contributed by atoms with Crippen LogP contribution in [0.4, 0.5) is 0 Å². The number of hydrogen-bond donors (Lipinski definition) is 1. The molecule has 1 N–H and O–H groups in total. The van der Waals surface area contributed by atoms with Gasteiger partial charge >= 0.3 is 0 Å². The van der Waals surface area contributed by atoms with Gasteiger partial charge in [0.1, 0.15) is 6.61 Å². The lowest BCUT2D eigenvalue weighted by Gasteiger charge is -2.13. The highest BCUT2D eigenvalue weighted by Crippen LogP contribution is 2.36. The van der Waals surface area contributed by atoms with Crippen molar-refractivity contribution < 1.29 is 23.7 Å². The molecule has 1 amide bonds. The summed E-state index contributed by atoms with van der Waals surface area (Å²) in [4.78, 5) is 12.5. The number of nitrogens with one attached hydrogen (secondary N) is 1. The van der Waals surface area contributed by atoms with Crippen LogP contribution >= 0.6 is 23.2 Å². The van der Waals surface area contributed by atoms with E-state index in [1.54, 1.807) is 36.4 Å². The van der Waals surface area contributed by atoms with Crippen molar-refractivity contribution >= 4 is 35.3 Å². The van der Waals surface area contributed by atoms with Crippen LogP contribution in [0.15, 0.2) is 59.7 Å². The molecule has 0 saturated heterocycles. The van der Waals surface area contributed by atoms with Gasteiger partial charge in [-0.3, -0.25) is 4.79 Å². The molecule has 0 aliphatic rings. The summed E-state index contributed by atoms with van der Waals surface area (Å²) in [6, 6.07) is 15.6. The zero-order valence-electron chi connectivity index (χ0n) is 18.9. The van der Waals surface area contributed by atoms with E-state index in [0.29, 0.717) is 50.8 Å². The van der Waals surface area contributed by atoms with Gasteiger partial charge in [0, 0.05) is 10.6 Å². The molecule has 3 rings (SSSR count). The van der Waals surface area contributed by atoms with Crippen molar-refractivity contribution in [2.24, 2.45) is 5.10 Å². The number of benzene rings is 3. The highest BCUT2D eigenvalue weighted by atomic mass is 35.5. The van der Waals surface area contributed by atoms with Crippen LogP contribution in [0, 0.1) is 0 Å². The van der Waals surface area contributed by atoms with Gasteiger partial charge in [0.25, 0.3) is 5.91 Å². The van der Waals surface area contributed by atoms with Crippen molar-refractivity contribution in [3.63, 3.8) is 0 Å². The Balaban J connectivity index is 1.68. The van der Waals surface area contributed by atoms with Crippen LogP contribution in [0.1, 0.15) is 28.4 Å². The summed E-state index contributed by atoms with van der Waals surface area (Å²) in [5, 5.41) is 4.98. The molecule has 0 unspecified atom stereocenters. The van der Waals surface area contributed by atoms with Crippen LogP contribution in [0.25, 0.3) is 0 Å². The van der Waals surface area contributed by atoms with Gasteiger partial charge in [0.15, 0.2) is 23.0 Å². The molecule has 0 bridgehead atoms. The Morgan fingerprint density at radius 2 is 1.76 bits per heavy atom. The molecule has 0 fully saturated rings. The largest absolute Gasteiger partial charge is 0.493 e. The van der Waals surface area contributed by atoms with Gasteiger partial charge in [0.05, 0.1) is 32.1 Å². The molecule has 3 aromatic rings. The average Bonchev–Trinajstić information content (AvgIpc) is 2.83. The standard InChI is InChI=1S/C25H24Cl2N2O5/c1-4-33-21-9-8-18(13-22(21)31-2)25(30)29-28-14-17-11-20(27)24(23(12-17)32-3)34-15-16-6-5-7-19(26)10-16/h5-14H,4,15H2,1-3H3,(H,29,30)/b28-14+. The van der Waals surface area contributed by atoms with Crippen molar-refractivity contribution in [1.82, 2.24) is 5.43 Å². The Kier molecular flexibility index (Phi) is 9.01. The van der Waals surface area contributed by atoms with Gasteiger partial charge in [-0.25, -0.2) is 5.43 Å². The minimum Gasteiger partial charge on any atom is -0.493 e. The number of hydrogen-bond acceptors (Lipinski definition) is 6. The Bertz CT molecular complexity index is 1180. The number of carbonyl (C=O) groups excluding carboxylic acids is 1. The van der Waals surface area contributed by atoms with Gasteiger partial charge < -0.3 is 18.9 Å². The van der Waals surface area contributed by atoms with Gasteiger partial charge in [-0.2, -0.15) is 5.10 Å². The zero-order chi connectivity index (χ0) is 24.5. The molecule has 0 saturated carbocycles. The van der Waals surface area contributed by atoms with E-state index >= 15 is 0 Å². The summed E-state index contributed by atoms with van der Waals surface area (Å²) in [5.74, 6) is 1.44. The smallest absolute Gasteiger partial charge is 0.271 e. The molecule has 34 heavy (non-hydrogen) atoms. The lowest BCUT2D eigenvalue weighted by molar-refractivity contribution is 0.0954. The number of rotatable bonds is 10. The van der Waals surface area contributed by atoms with Crippen LogP contribution in [-0.4, -0.2) is 32.9 Å². The number of methoxy groups -OCH3 is 2. The highest BCUT2D eigenvalue weighted by molar-refractivity contribution is 6.32. The van der Waals surface area contributed by atoms with Crippen LogP contribution in [0.3, 0.4) is 0 Å². The quantitative estimate of drug-likeness (QED) is 0.282. The minimum absolute atomic E-state index is 0.270. The van der Waals surface area contributed by atoms with Crippen LogP contribution < -0.4 is 24.4 Å². The Morgan fingerprint density at radius 1 is 0.971 bits per heavy atom. The second kappa shape index (κ2) is 12.2. The average molecular weight is 503 g/mol. The number of hydrazone groups is 1. The van der Waals surface area contributed by atoms with E-state index < -0.39 is 5.91 Å². The zero-order valence-corrected chi connectivity index (χ0v) is 20.4. The van der Waals surface area contributed by atoms with E-state index in [2.05, 4.69) is 10.5 Å². The molecule has 9 heteroatoms. The number of nitrogens with zero attached hydrogens (tertiary/aromatic N) is 1. The maximum absolute atomic E-state index is 12.5. The summed E-state index contributed by atoms with van der Waals surface area (Å²) in [6.07, 6.45) is 1.46. The van der Waals surface area contributed by atoms with Crippen LogP contribution in [-0.2, 0) is 6.61 Å². The number of ether oxygens (including phenoxy) is 4. The summed E-state index contributed by atoms with van der Waals surface area (Å²) in [5.41, 5.74) is 4.36. The Labute approximate surface area is 208 Å². The molecule has 3 aromatic carbocycles. The topological polar surface area (TPSA) is 78.4 Å². The molecule has 0 radical (unpaired) electrons. The molecule has 0 heterocycles. The van der Waals surface area contributed by atoms with Gasteiger partial charge in [-0.1, -0.05) is 35.3 Å². The SMILES string of the molecule is CCOc1ccc(C(=O)N/N=C/c2cc(Cl)c(OCc3cccc(Cl)c3)c(OC)c2)cc1OC. The lowest BCUT2D eigenvalue weighted by Crippen LogP contribution is -2.17. The highest BCUT2D eigenvalue weighted by Gasteiger charge is 2.13. The number of halogens is 2. The third-order valence-corrected chi connectivity index (χ3v) is 5.15. The van der Waals surface area contributed by atoms with Crippen molar-refractivity contribution in [1.29, 1.82) is 0 Å². The first-order valence-electron chi connectivity index (χ1n) is 10.3. The molecule has 0 atom stereocenters.